The molecule has 7 nitrogen and oxygen atoms in total. The van der Waals surface area contributed by atoms with Gasteiger partial charge in [0.1, 0.15) is 0 Å². The van der Waals surface area contributed by atoms with Gasteiger partial charge in [0.25, 0.3) is 11.5 Å². The zero-order chi connectivity index (χ0) is 18.7. The van der Waals surface area contributed by atoms with Crippen LogP contribution in [-0.2, 0) is 0 Å². The molecule has 0 aliphatic rings. The van der Waals surface area contributed by atoms with Crippen LogP contribution in [0.2, 0.25) is 0 Å². The molecule has 0 saturated heterocycles. The minimum atomic E-state index is -0.284. The molecule has 2 heterocycles. The topological polar surface area (TPSA) is 104 Å². The van der Waals surface area contributed by atoms with Crippen LogP contribution in [0.15, 0.2) is 59.8 Å². The molecule has 2 aromatic heterocycles. The van der Waals surface area contributed by atoms with Crippen molar-refractivity contribution in [2.24, 2.45) is 5.73 Å². The van der Waals surface area contributed by atoms with E-state index in [4.69, 9.17) is 5.73 Å². The van der Waals surface area contributed by atoms with E-state index >= 15 is 0 Å². The highest BCUT2D eigenvalue weighted by Gasteiger charge is 2.08. The van der Waals surface area contributed by atoms with Crippen LogP contribution in [0.5, 0.6) is 0 Å². The van der Waals surface area contributed by atoms with Gasteiger partial charge in [-0.1, -0.05) is 0 Å². The zero-order valence-corrected chi connectivity index (χ0v) is 14.5. The minimum absolute atomic E-state index is 0.0659. The molecule has 0 radical (unpaired) electrons. The lowest BCUT2D eigenvalue weighted by atomic mass is 10.1. The van der Waals surface area contributed by atoms with Gasteiger partial charge in [-0.15, -0.1) is 0 Å². The van der Waals surface area contributed by atoms with Crippen molar-refractivity contribution in [2.75, 3.05) is 19.4 Å². The fourth-order valence-electron chi connectivity index (χ4n) is 2.47. The zero-order valence-electron chi connectivity index (χ0n) is 14.5. The summed E-state index contributed by atoms with van der Waals surface area (Å²) in [5, 5.41) is 3.88. The normalized spacial score (nSPS) is 11.4. The molecular weight excluding hydrogens is 330 g/mol. The quantitative estimate of drug-likeness (QED) is 0.668. The molecule has 132 valence electrons. The summed E-state index contributed by atoms with van der Waals surface area (Å²) in [6.45, 7) is 0. The predicted molar refractivity (Wildman–Crippen MR) is 103 cm³/mol. The first-order valence-corrected chi connectivity index (χ1v) is 7.97. The first-order chi connectivity index (χ1) is 12.5. The number of H-pyrrole nitrogens is 1. The van der Waals surface area contributed by atoms with Gasteiger partial charge in [-0.2, -0.15) is 0 Å². The van der Waals surface area contributed by atoms with E-state index in [0.29, 0.717) is 22.3 Å². The summed E-state index contributed by atoms with van der Waals surface area (Å²) in [4.78, 5) is 32.3. The molecule has 1 aromatic carbocycles. The Morgan fingerprint density at radius 1 is 1.23 bits per heavy atom. The number of benzene rings is 1. The molecule has 0 bridgehead atoms. The van der Waals surface area contributed by atoms with Crippen LogP contribution in [0.4, 0.5) is 5.69 Å². The van der Waals surface area contributed by atoms with Crippen LogP contribution in [0.1, 0.15) is 15.9 Å². The Bertz CT molecular complexity index is 1040. The number of rotatable bonds is 4. The Morgan fingerprint density at radius 3 is 2.65 bits per heavy atom. The molecule has 0 saturated carbocycles. The van der Waals surface area contributed by atoms with Gasteiger partial charge in [0.15, 0.2) is 0 Å². The monoisotopic (exact) mass is 349 g/mol. The summed E-state index contributed by atoms with van der Waals surface area (Å²) in [6, 6.07) is 10.5. The van der Waals surface area contributed by atoms with E-state index in [1.54, 1.807) is 69.1 Å². The number of aromatic nitrogens is 2. The standard InChI is InChI=1S/C19H19N5O2/c1-24(2)19(26)12-3-5-14(6-4-12)22-10-16(20)15-9-13-7-8-21-11-17(13)23-18(15)25/h3-11,22H,20H2,1-2H3,(H,23,25)/b16-10-. The third kappa shape index (κ3) is 3.56. The van der Waals surface area contributed by atoms with E-state index in [2.05, 4.69) is 15.3 Å². The van der Waals surface area contributed by atoms with E-state index in [0.717, 1.165) is 11.1 Å². The summed E-state index contributed by atoms with van der Waals surface area (Å²) in [6.07, 6.45) is 4.80. The van der Waals surface area contributed by atoms with Gasteiger partial charge in [-0.05, 0) is 36.4 Å². The van der Waals surface area contributed by atoms with Gasteiger partial charge in [-0.25, -0.2) is 0 Å². The lowest BCUT2D eigenvalue weighted by molar-refractivity contribution is 0.0827. The third-order valence-electron chi connectivity index (χ3n) is 3.89. The number of hydrogen-bond acceptors (Lipinski definition) is 5. The second-order valence-electron chi connectivity index (χ2n) is 6.00. The average Bonchev–Trinajstić information content (AvgIpc) is 2.65. The maximum atomic E-state index is 12.2. The summed E-state index contributed by atoms with van der Waals surface area (Å²) < 4.78 is 0. The van der Waals surface area contributed by atoms with Crippen molar-refractivity contribution in [2.45, 2.75) is 0 Å². The fourth-order valence-corrected chi connectivity index (χ4v) is 2.47. The van der Waals surface area contributed by atoms with E-state index in [9.17, 15) is 9.59 Å². The van der Waals surface area contributed by atoms with Crippen molar-refractivity contribution in [3.05, 3.63) is 76.5 Å². The van der Waals surface area contributed by atoms with Crippen LogP contribution >= 0.6 is 0 Å². The van der Waals surface area contributed by atoms with Crippen molar-refractivity contribution >= 4 is 28.2 Å². The van der Waals surface area contributed by atoms with E-state index < -0.39 is 0 Å². The SMILES string of the molecule is CN(C)C(=O)c1ccc(N/C=C(\N)c2cc3ccncc3[nH]c2=O)cc1. The number of amides is 1. The molecule has 0 atom stereocenters. The highest BCUT2D eigenvalue weighted by Crippen LogP contribution is 2.14. The Kier molecular flexibility index (Phi) is 4.70. The molecule has 3 rings (SSSR count). The number of nitrogens with two attached hydrogens (primary N) is 1. The molecule has 3 aromatic rings. The van der Waals surface area contributed by atoms with Crippen LogP contribution in [0, 0.1) is 0 Å². The molecule has 0 unspecified atom stereocenters. The molecule has 7 heteroatoms. The van der Waals surface area contributed by atoms with Gasteiger partial charge in [-0.3, -0.25) is 14.6 Å². The van der Waals surface area contributed by atoms with Crippen molar-refractivity contribution < 1.29 is 4.79 Å². The number of anilines is 1. The Morgan fingerprint density at radius 2 is 1.96 bits per heavy atom. The maximum absolute atomic E-state index is 12.2. The van der Waals surface area contributed by atoms with Crippen LogP contribution < -0.4 is 16.6 Å². The van der Waals surface area contributed by atoms with Crippen molar-refractivity contribution in [3.8, 4) is 0 Å². The van der Waals surface area contributed by atoms with Gasteiger partial charge < -0.3 is 20.9 Å². The van der Waals surface area contributed by atoms with Crippen molar-refractivity contribution in [1.82, 2.24) is 14.9 Å². The van der Waals surface area contributed by atoms with Gasteiger partial charge in [0.05, 0.1) is 23.0 Å². The summed E-state index contributed by atoms with van der Waals surface area (Å²) in [7, 11) is 3.41. The predicted octanol–water partition coefficient (Wildman–Crippen LogP) is 1.99. The summed E-state index contributed by atoms with van der Waals surface area (Å²) in [5.41, 5.74) is 8.45. The van der Waals surface area contributed by atoms with Gasteiger partial charge in [0, 0.05) is 43.1 Å². The smallest absolute Gasteiger partial charge is 0.257 e. The number of fused-ring (bicyclic) bond motifs is 1. The Labute approximate surface area is 150 Å². The lowest BCUT2D eigenvalue weighted by Crippen LogP contribution is -2.21. The first-order valence-electron chi connectivity index (χ1n) is 7.97. The lowest BCUT2D eigenvalue weighted by Gasteiger charge is -2.10. The fraction of sp³-hybridized carbons (Fsp3) is 0.105. The summed E-state index contributed by atoms with van der Waals surface area (Å²) >= 11 is 0. The van der Waals surface area contributed by atoms with Crippen LogP contribution in [0.25, 0.3) is 16.6 Å². The average molecular weight is 349 g/mol. The Hall–Kier alpha value is -3.61. The molecule has 0 spiro atoms. The molecule has 0 aliphatic heterocycles. The molecule has 0 fully saturated rings. The molecular formula is C19H19N5O2. The molecule has 4 N–H and O–H groups in total. The first kappa shape index (κ1) is 17.2. The highest BCUT2D eigenvalue weighted by atomic mass is 16.2. The number of hydrogen-bond donors (Lipinski definition) is 3. The van der Waals surface area contributed by atoms with Crippen LogP contribution in [0.3, 0.4) is 0 Å². The molecule has 1 amide bonds. The molecule has 26 heavy (non-hydrogen) atoms. The third-order valence-corrected chi connectivity index (χ3v) is 3.89. The highest BCUT2D eigenvalue weighted by molar-refractivity contribution is 5.94. The number of nitrogens with one attached hydrogen (secondary N) is 2. The minimum Gasteiger partial charge on any atom is -0.397 e. The van der Waals surface area contributed by atoms with E-state index in [1.807, 2.05) is 0 Å². The van der Waals surface area contributed by atoms with Gasteiger partial charge in [0.2, 0.25) is 0 Å². The van der Waals surface area contributed by atoms with Crippen molar-refractivity contribution in [1.29, 1.82) is 0 Å². The van der Waals surface area contributed by atoms with Crippen molar-refractivity contribution in [3.63, 3.8) is 0 Å². The second-order valence-corrected chi connectivity index (χ2v) is 6.00. The number of nitrogens with zero attached hydrogens (tertiary/aromatic N) is 2. The van der Waals surface area contributed by atoms with Crippen LogP contribution in [-0.4, -0.2) is 34.9 Å². The molecule has 0 aliphatic carbocycles. The second kappa shape index (κ2) is 7.10. The number of pyridine rings is 2. The maximum Gasteiger partial charge on any atom is 0.257 e. The summed E-state index contributed by atoms with van der Waals surface area (Å²) in [5.74, 6) is -0.0659. The Balaban J connectivity index is 1.81. The largest absolute Gasteiger partial charge is 0.397 e. The van der Waals surface area contributed by atoms with Gasteiger partial charge >= 0.3 is 0 Å². The van der Waals surface area contributed by atoms with E-state index in [-0.39, 0.29) is 11.5 Å². The number of carbonyl (C=O) groups is 1. The number of aromatic amines is 1. The van der Waals surface area contributed by atoms with E-state index in [1.165, 1.54) is 4.90 Å². The number of carbonyl (C=O) groups excluding carboxylic acids is 1.